The van der Waals surface area contributed by atoms with Gasteiger partial charge in [-0.15, -0.1) is 0 Å². The number of carbonyl (C=O) groups is 1. The SMILES string of the molecule is O=C(O)c1ccc2c(c1)CCCC(c1ccccc1)=C2c1ccc(CC2CN(CCCF)C2)cc1. The first-order chi connectivity index (χ1) is 17.1. The van der Waals surface area contributed by atoms with Gasteiger partial charge in [0.25, 0.3) is 0 Å². The lowest BCUT2D eigenvalue weighted by Crippen LogP contribution is -2.47. The minimum Gasteiger partial charge on any atom is -0.478 e. The number of rotatable bonds is 8. The lowest BCUT2D eigenvalue weighted by Gasteiger charge is -2.39. The molecule has 0 spiro atoms. The Hall–Kier alpha value is -3.24. The van der Waals surface area contributed by atoms with Gasteiger partial charge < -0.3 is 10.0 Å². The van der Waals surface area contributed by atoms with Gasteiger partial charge in [0.2, 0.25) is 0 Å². The Kier molecular flexibility index (Phi) is 7.10. The molecule has 2 aliphatic rings. The number of alkyl halides is 1. The predicted octanol–water partition coefficient (Wildman–Crippen LogP) is 6.51. The Morgan fingerprint density at radius 3 is 2.43 bits per heavy atom. The summed E-state index contributed by atoms with van der Waals surface area (Å²) in [6, 6.07) is 25.1. The van der Waals surface area contributed by atoms with Crippen molar-refractivity contribution >= 4 is 17.1 Å². The first-order valence-corrected chi connectivity index (χ1v) is 12.6. The van der Waals surface area contributed by atoms with Crippen LogP contribution in [0.5, 0.6) is 0 Å². The highest BCUT2D eigenvalue weighted by Crippen LogP contribution is 2.40. The molecule has 1 aliphatic carbocycles. The van der Waals surface area contributed by atoms with Crippen LogP contribution in [0.1, 0.15) is 57.4 Å². The number of benzene rings is 3. The third-order valence-corrected chi connectivity index (χ3v) is 7.33. The van der Waals surface area contributed by atoms with Crippen LogP contribution in [0.15, 0.2) is 72.8 Å². The van der Waals surface area contributed by atoms with Crippen molar-refractivity contribution in [1.82, 2.24) is 4.90 Å². The second-order valence-electron chi connectivity index (χ2n) is 9.82. The molecule has 0 unspecified atom stereocenters. The van der Waals surface area contributed by atoms with Crippen molar-refractivity contribution in [2.45, 2.75) is 32.1 Å². The van der Waals surface area contributed by atoms with Crippen LogP contribution in [0.2, 0.25) is 0 Å². The molecular formula is C31H32FNO2. The van der Waals surface area contributed by atoms with E-state index in [2.05, 4.69) is 53.4 Å². The zero-order valence-electron chi connectivity index (χ0n) is 20.1. The number of aryl methyl sites for hydroxylation is 1. The molecule has 180 valence electrons. The van der Waals surface area contributed by atoms with Crippen LogP contribution in [0.3, 0.4) is 0 Å². The summed E-state index contributed by atoms with van der Waals surface area (Å²) >= 11 is 0. The van der Waals surface area contributed by atoms with Crippen LogP contribution in [0.25, 0.3) is 11.1 Å². The molecule has 1 saturated heterocycles. The second-order valence-corrected chi connectivity index (χ2v) is 9.82. The van der Waals surface area contributed by atoms with Crippen molar-refractivity contribution in [1.29, 1.82) is 0 Å². The summed E-state index contributed by atoms with van der Waals surface area (Å²) in [5.41, 5.74) is 8.88. The van der Waals surface area contributed by atoms with Gasteiger partial charge in [-0.3, -0.25) is 4.39 Å². The van der Waals surface area contributed by atoms with Crippen molar-refractivity contribution in [2.24, 2.45) is 5.92 Å². The van der Waals surface area contributed by atoms with Crippen molar-refractivity contribution in [3.63, 3.8) is 0 Å². The van der Waals surface area contributed by atoms with Crippen molar-refractivity contribution in [3.05, 3.63) is 106 Å². The summed E-state index contributed by atoms with van der Waals surface area (Å²) in [6.45, 7) is 2.75. The number of fused-ring (bicyclic) bond motifs is 1. The summed E-state index contributed by atoms with van der Waals surface area (Å²) in [5, 5.41) is 9.52. The molecule has 0 amide bonds. The van der Waals surface area contributed by atoms with Gasteiger partial charge in [-0.05, 0) is 89.1 Å². The van der Waals surface area contributed by atoms with Gasteiger partial charge in [-0.25, -0.2) is 4.79 Å². The zero-order chi connectivity index (χ0) is 24.2. The zero-order valence-corrected chi connectivity index (χ0v) is 20.1. The second kappa shape index (κ2) is 10.6. The highest BCUT2D eigenvalue weighted by molar-refractivity contribution is 6.00. The van der Waals surface area contributed by atoms with Crippen molar-refractivity contribution in [2.75, 3.05) is 26.3 Å². The number of nitrogens with zero attached hydrogens (tertiary/aromatic N) is 1. The molecule has 0 radical (unpaired) electrons. The Balaban J connectivity index is 1.46. The van der Waals surface area contributed by atoms with E-state index < -0.39 is 5.97 Å². The number of carboxylic acid groups (broad SMARTS) is 1. The van der Waals surface area contributed by atoms with Crippen LogP contribution in [0.4, 0.5) is 4.39 Å². The van der Waals surface area contributed by atoms with Crippen LogP contribution < -0.4 is 0 Å². The lowest BCUT2D eigenvalue weighted by molar-refractivity contribution is 0.0696. The minimum atomic E-state index is -0.880. The maximum atomic E-state index is 12.4. The number of allylic oxidation sites excluding steroid dienone is 1. The van der Waals surface area contributed by atoms with Crippen LogP contribution in [-0.4, -0.2) is 42.3 Å². The molecule has 0 aromatic heterocycles. The van der Waals surface area contributed by atoms with E-state index >= 15 is 0 Å². The normalized spacial score (nSPS) is 16.5. The van der Waals surface area contributed by atoms with Gasteiger partial charge in [0.05, 0.1) is 12.2 Å². The predicted molar refractivity (Wildman–Crippen MR) is 139 cm³/mol. The molecule has 1 heterocycles. The third kappa shape index (κ3) is 5.23. The molecule has 1 N–H and O–H groups in total. The van der Waals surface area contributed by atoms with Gasteiger partial charge in [0.1, 0.15) is 0 Å². The van der Waals surface area contributed by atoms with Crippen LogP contribution >= 0.6 is 0 Å². The fourth-order valence-corrected chi connectivity index (χ4v) is 5.59. The first kappa shape index (κ1) is 23.5. The Labute approximate surface area is 206 Å². The van der Waals surface area contributed by atoms with E-state index in [-0.39, 0.29) is 6.67 Å². The molecule has 3 aromatic rings. The number of likely N-dealkylation sites (tertiary alicyclic amines) is 1. The van der Waals surface area contributed by atoms with E-state index in [1.165, 1.54) is 27.8 Å². The fourth-order valence-electron chi connectivity index (χ4n) is 5.59. The van der Waals surface area contributed by atoms with E-state index in [1.54, 1.807) is 6.07 Å². The number of carboxylic acids is 1. The fraction of sp³-hybridized carbons (Fsp3) is 0.323. The van der Waals surface area contributed by atoms with Gasteiger partial charge in [-0.1, -0.05) is 60.7 Å². The maximum Gasteiger partial charge on any atom is 0.335 e. The smallest absolute Gasteiger partial charge is 0.335 e. The number of halogens is 1. The molecule has 1 fully saturated rings. The summed E-state index contributed by atoms with van der Waals surface area (Å²) in [7, 11) is 0. The van der Waals surface area contributed by atoms with E-state index in [1.807, 2.05) is 18.2 Å². The molecule has 0 saturated carbocycles. The third-order valence-electron chi connectivity index (χ3n) is 7.33. The lowest BCUT2D eigenvalue weighted by atomic mass is 9.86. The Morgan fingerprint density at radius 2 is 1.71 bits per heavy atom. The van der Waals surface area contributed by atoms with Crippen molar-refractivity contribution in [3.8, 4) is 0 Å². The van der Waals surface area contributed by atoms with E-state index in [4.69, 9.17) is 0 Å². The molecule has 0 bridgehead atoms. The summed E-state index contributed by atoms with van der Waals surface area (Å²) < 4.78 is 12.4. The quantitative estimate of drug-likeness (QED) is 0.409. The Morgan fingerprint density at radius 1 is 0.943 bits per heavy atom. The van der Waals surface area contributed by atoms with E-state index in [9.17, 15) is 14.3 Å². The summed E-state index contributed by atoms with van der Waals surface area (Å²) in [5.74, 6) is -0.234. The van der Waals surface area contributed by atoms with Crippen LogP contribution in [-0.2, 0) is 12.8 Å². The molecule has 3 nitrogen and oxygen atoms in total. The molecule has 5 rings (SSSR count). The maximum absolute atomic E-state index is 12.4. The number of hydrogen-bond donors (Lipinski definition) is 1. The van der Waals surface area contributed by atoms with Gasteiger partial charge in [0, 0.05) is 19.6 Å². The number of aromatic carboxylic acids is 1. The highest BCUT2D eigenvalue weighted by atomic mass is 19.1. The average molecular weight is 470 g/mol. The number of hydrogen-bond acceptors (Lipinski definition) is 2. The topological polar surface area (TPSA) is 40.5 Å². The summed E-state index contributed by atoms with van der Waals surface area (Å²) in [4.78, 5) is 13.9. The standard InChI is InChI=1S/C31H32FNO2/c32-16-5-17-33-20-23(21-33)18-22-10-12-25(13-11-22)30-28(24-6-2-1-3-7-24)9-4-8-26-19-27(31(34)35)14-15-29(26)30/h1-3,6-7,10-15,19,23H,4-5,8-9,16-18,20-21H2,(H,34,35). The molecular weight excluding hydrogens is 437 g/mol. The van der Waals surface area contributed by atoms with Gasteiger partial charge >= 0.3 is 5.97 Å². The monoisotopic (exact) mass is 469 g/mol. The summed E-state index contributed by atoms with van der Waals surface area (Å²) in [6.07, 6.45) is 4.50. The molecule has 35 heavy (non-hydrogen) atoms. The Bertz CT molecular complexity index is 1210. The van der Waals surface area contributed by atoms with E-state index in [0.717, 1.165) is 56.4 Å². The highest BCUT2D eigenvalue weighted by Gasteiger charge is 2.26. The first-order valence-electron chi connectivity index (χ1n) is 12.6. The molecule has 3 aromatic carbocycles. The molecule has 4 heteroatoms. The van der Waals surface area contributed by atoms with Gasteiger partial charge in [0.15, 0.2) is 0 Å². The van der Waals surface area contributed by atoms with Gasteiger partial charge in [-0.2, -0.15) is 0 Å². The minimum absolute atomic E-state index is 0.232. The average Bonchev–Trinajstić information content (AvgIpc) is 3.05. The van der Waals surface area contributed by atoms with E-state index in [0.29, 0.717) is 17.9 Å². The molecule has 1 aliphatic heterocycles. The largest absolute Gasteiger partial charge is 0.478 e. The van der Waals surface area contributed by atoms with Crippen LogP contribution in [0, 0.1) is 5.92 Å². The molecule has 0 atom stereocenters. The van der Waals surface area contributed by atoms with Crippen molar-refractivity contribution < 1.29 is 14.3 Å².